The molecule has 1 atom stereocenters. The van der Waals surface area contributed by atoms with Crippen LogP contribution in [-0.2, 0) is 17.6 Å². The van der Waals surface area contributed by atoms with E-state index in [1.54, 1.807) is 0 Å². The lowest BCUT2D eigenvalue weighted by atomic mass is 10.1. The zero-order chi connectivity index (χ0) is 13.1. The standard InChI is InChI=1S/C12H19N3O3/c1-8(2)15-4-3-9(7-15)5-10-13-11(18-14-10)6-12(16)17/h8-9H,3-7H2,1-2H3,(H,16,17). The van der Waals surface area contributed by atoms with E-state index >= 15 is 0 Å². The minimum absolute atomic E-state index is 0.191. The molecular formula is C12H19N3O3. The van der Waals surface area contributed by atoms with Gasteiger partial charge in [0, 0.05) is 19.0 Å². The molecule has 0 amide bonds. The van der Waals surface area contributed by atoms with Crippen molar-refractivity contribution >= 4 is 5.97 Å². The van der Waals surface area contributed by atoms with Crippen LogP contribution in [0.1, 0.15) is 32.0 Å². The molecule has 6 nitrogen and oxygen atoms in total. The Bertz CT molecular complexity index is 416. The van der Waals surface area contributed by atoms with Gasteiger partial charge in [0.25, 0.3) is 0 Å². The summed E-state index contributed by atoms with van der Waals surface area (Å²) in [5.74, 6) is 0.415. The maximum Gasteiger partial charge on any atom is 0.312 e. The summed E-state index contributed by atoms with van der Waals surface area (Å²) in [5, 5.41) is 12.5. The van der Waals surface area contributed by atoms with Crippen LogP contribution >= 0.6 is 0 Å². The van der Waals surface area contributed by atoms with Gasteiger partial charge in [-0.15, -0.1) is 0 Å². The number of carboxylic acids is 1. The number of hydrogen-bond donors (Lipinski definition) is 1. The second-order valence-corrected chi connectivity index (χ2v) is 5.12. The third kappa shape index (κ3) is 3.29. The van der Waals surface area contributed by atoms with Crippen molar-refractivity contribution in [3.63, 3.8) is 0 Å². The minimum atomic E-state index is -0.947. The molecule has 0 bridgehead atoms. The van der Waals surface area contributed by atoms with Crippen LogP contribution in [-0.4, -0.2) is 45.2 Å². The van der Waals surface area contributed by atoms with Crippen LogP contribution in [0.2, 0.25) is 0 Å². The van der Waals surface area contributed by atoms with Crippen LogP contribution in [0.3, 0.4) is 0 Å². The first-order valence-corrected chi connectivity index (χ1v) is 6.32. The molecule has 1 aliphatic rings. The van der Waals surface area contributed by atoms with Gasteiger partial charge >= 0.3 is 5.97 Å². The Morgan fingerprint density at radius 3 is 3.00 bits per heavy atom. The first-order chi connectivity index (χ1) is 8.54. The fourth-order valence-electron chi connectivity index (χ4n) is 2.33. The summed E-state index contributed by atoms with van der Waals surface area (Å²) >= 11 is 0. The van der Waals surface area contributed by atoms with Crippen molar-refractivity contribution in [3.8, 4) is 0 Å². The summed E-state index contributed by atoms with van der Waals surface area (Å²) in [7, 11) is 0. The van der Waals surface area contributed by atoms with E-state index in [1.165, 1.54) is 0 Å². The zero-order valence-corrected chi connectivity index (χ0v) is 10.8. The Balaban J connectivity index is 1.87. The molecule has 1 N–H and O–H groups in total. The minimum Gasteiger partial charge on any atom is -0.481 e. The normalized spacial score (nSPS) is 20.7. The van der Waals surface area contributed by atoms with Crippen molar-refractivity contribution in [2.24, 2.45) is 5.92 Å². The van der Waals surface area contributed by atoms with Gasteiger partial charge in [-0.1, -0.05) is 5.16 Å². The number of carboxylic acid groups (broad SMARTS) is 1. The summed E-state index contributed by atoms with van der Waals surface area (Å²) < 4.78 is 4.90. The summed E-state index contributed by atoms with van der Waals surface area (Å²) in [5.41, 5.74) is 0. The first-order valence-electron chi connectivity index (χ1n) is 6.32. The fraction of sp³-hybridized carbons (Fsp3) is 0.750. The highest BCUT2D eigenvalue weighted by molar-refractivity contribution is 5.68. The van der Waals surface area contributed by atoms with Gasteiger partial charge in [0.15, 0.2) is 5.82 Å². The molecule has 0 aliphatic carbocycles. The summed E-state index contributed by atoms with van der Waals surface area (Å²) in [4.78, 5) is 17.0. The summed E-state index contributed by atoms with van der Waals surface area (Å²) in [6, 6.07) is 0.572. The van der Waals surface area contributed by atoms with Crippen molar-refractivity contribution in [1.82, 2.24) is 15.0 Å². The second-order valence-electron chi connectivity index (χ2n) is 5.12. The van der Waals surface area contributed by atoms with E-state index in [4.69, 9.17) is 9.63 Å². The lowest BCUT2D eigenvalue weighted by Crippen LogP contribution is -2.28. The first kappa shape index (κ1) is 13.0. The number of likely N-dealkylation sites (tertiary alicyclic amines) is 1. The molecule has 0 spiro atoms. The maximum absolute atomic E-state index is 10.5. The molecule has 1 aromatic rings. The van der Waals surface area contributed by atoms with Crippen molar-refractivity contribution < 1.29 is 14.4 Å². The number of hydrogen-bond acceptors (Lipinski definition) is 5. The molecule has 100 valence electrons. The lowest BCUT2D eigenvalue weighted by molar-refractivity contribution is -0.136. The highest BCUT2D eigenvalue weighted by Gasteiger charge is 2.25. The summed E-state index contributed by atoms with van der Waals surface area (Å²) in [6.45, 7) is 6.56. The maximum atomic E-state index is 10.5. The molecule has 18 heavy (non-hydrogen) atoms. The fourth-order valence-corrected chi connectivity index (χ4v) is 2.33. The van der Waals surface area contributed by atoms with Gasteiger partial charge in [0.1, 0.15) is 6.42 Å². The van der Waals surface area contributed by atoms with Crippen LogP contribution in [0.15, 0.2) is 4.52 Å². The van der Waals surface area contributed by atoms with Gasteiger partial charge in [0.2, 0.25) is 5.89 Å². The smallest absolute Gasteiger partial charge is 0.312 e. The number of carbonyl (C=O) groups is 1. The predicted octanol–water partition coefficient (Wildman–Crippen LogP) is 0.970. The summed E-state index contributed by atoms with van der Waals surface area (Å²) in [6.07, 6.45) is 1.71. The molecule has 1 aliphatic heterocycles. The van der Waals surface area contributed by atoms with Crippen LogP contribution in [0, 0.1) is 5.92 Å². The number of aromatic nitrogens is 2. The van der Waals surface area contributed by atoms with E-state index in [0.717, 1.165) is 25.9 Å². The molecule has 6 heteroatoms. The number of aliphatic carboxylic acids is 1. The van der Waals surface area contributed by atoms with Crippen LogP contribution in [0.4, 0.5) is 0 Å². The zero-order valence-electron chi connectivity index (χ0n) is 10.8. The molecule has 1 fully saturated rings. The average molecular weight is 253 g/mol. The van der Waals surface area contributed by atoms with E-state index in [2.05, 4.69) is 28.9 Å². The Kier molecular flexibility index (Phi) is 3.96. The van der Waals surface area contributed by atoms with E-state index in [-0.39, 0.29) is 12.3 Å². The molecular weight excluding hydrogens is 234 g/mol. The highest BCUT2D eigenvalue weighted by atomic mass is 16.5. The van der Waals surface area contributed by atoms with E-state index < -0.39 is 5.97 Å². The second kappa shape index (κ2) is 5.48. The van der Waals surface area contributed by atoms with Crippen LogP contribution in [0.5, 0.6) is 0 Å². The lowest BCUT2D eigenvalue weighted by Gasteiger charge is -2.19. The molecule has 1 aromatic heterocycles. The van der Waals surface area contributed by atoms with Crippen molar-refractivity contribution in [3.05, 3.63) is 11.7 Å². The van der Waals surface area contributed by atoms with Crippen LogP contribution < -0.4 is 0 Å². The Morgan fingerprint density at radius 2 is 2.39 bits per heavy atom. The third-order valence-electron chi connectivity index (χ3n) is 3.33. The van der Waals surface area contributed by atoms with E-state index in [1.807, 2.05) is 0 Å². The molecule has 0 saturated carbocycles. The van der Waals surface area contributed by atoms with Crippen molar-refractivity contribution in [1.29, 1.82) is 0 Å². The van der Waals surface area contributed by atoms with E-state index in [0.29, 0.717) is 17.8 Å². The van der Waals surface area contributed by atoms with Gasteiger partial charge < -0.3 is 14.5 Å². The largest absolute Gasteiger partial charge is 0.481 e. The average Bonchev–Trinajstić information content (AvgIpc) is 2.88. The van der Waals surface area contributed by atoms with Crippen LogP contribution in [0.25, 0.3) is 0 Å². The van der Waals surface area contributed by atoms with Crippen molar-refractivity contribution in [2.75, 3.05) is 13.1 Å². The number of rotatable bonds is 5. The highest BCUT2D eigenvalue weighted by Crippen LogP contribution is 2.21. The molecule has 1 saturated heterocycles. The quantitative estimate of drug-likeness (QED) is 0.842. The van der Waals surface area contributed by atoms with E-state index in [9.17, 15) is 4.79 Å². The predicted molar refractivity (Wildman–Crippen MR) is 64.2 cm³/mol. The van der Waals surface area contributed by atoms with Gasteiger partial charge in [-0.05, 0) is 32.7 Å². The Hall–Kier alpha value is -1.43. The molecule has 0 radical (unpaired) electrons. The monoisotopic (exact) mass is 253 g/mol. The van der Waals surface area contributed by atoms with Gasteiger partial charge in [-0.25, -0.2) is 0 Å². The molecule has 1 unspecified atom stereocenters. The van der Waals surface area contributed by atoms with Gasteiger partial charge in [-0.2, -0.15) is 4.98 Å². The molecule has 0 aromatic carbocycles. The third-order valence-corrected chi connectivity index (χ3v) is 3.33. The molecule has 2 heterocycles. The van der Waals surface area contributed by atoms with Gasteiger partial charge in [0.05, 0.1) is 0 Å². The Labute approximate surface area is 106 Å². The van der Waals surface area contributed by atoms with Crippen molar-refractivity contribution in [2.45, 2.75) is 39.2 Å². The number of nitrogens with zero attached hydrogens (tertiary/aromatic N) is 3. The molecule has 2 rings (SSSR count). The van der Waals surface area contributed by atoms with Gasteiger partial charge in [-0.3, -0.25) is 4.79 Å². The Morgan fingerprint density at radius 1 is 1.61 bits per heavy atom. The SMILES string of the molecule is CC(C)N1CCC(Cc2noc(CC(=O)O)n2)C1. The topological polar surface area (TPSA) is 79.5 Å².